The van der Waals surface area contributed by atoms with E-state index < -0.39 is 22.5 Å². The maximum Gasteiger partial charge on any atom is 0.260 e. The fourth-order valence-corrected chi connectivity index (χ4v) is 5.09. The van der Waals surface area contributed by atoms with E-state index in [9.17, 15) is 13.2 Å². The minimum Gasteiger partial charge on any atom is -0.318 e. The van der Waals surface area contributed by atoms with Gasteiger partial charge in [0.15, 0.2) is 0 Å². The highest BCUT2D eigenvalue weighted by Gasteiger charge is 2.23. The zero-order chi connectivity index (χ0) is 25.2. The smallest absolute Gasteiger partial charge is 0.260 e. The monoisotopic (exact) mass is 520 g/mol. The number of carbonyl (C=O) groups excluding carboxylic acids is 1. The molecule has 0 saturated heterocycles. The first-order chi connectivity index (χ1) is 15.9. The van der Waals surface area contributed by atoms with Crippen LogP contribution in [0.3, 0.4) is 0 Å². The SMILES string of the molecule is Cc1cc(C)cc(-n2c(C)cc(/C=N\NC(=O)CN(c3cc(Cl)ccc3Cl)S(C)(=O)=O)c2C)c1. The molecule has 1 heterocycles. The van der Waals surface area contributed by atoms with Gasteiger partial charge < -0.3 is 4.57 Å². The summed E-state index contributed by atoms with van der Waals surface area (Å²) in [7, 11) is -3.80. The van der Waals surface area contributed by atoms with Gasteiger partial charge in [-0.25, -0.2) is 13.8 Å². The molecule has 180 valence electrons. The average molecular weight is 521 g/mol. The second-order valence-corrected chi connectivity index (χ2v) is 10.9. The minimum atomic E-state index is -3.80. The van der Waals surface area contributed by atoms with Crippen LogP contribution in [0, 0.1) is 27.7 Å². The lowest BCUT2D eigenvalue weighted by molar-refractivity contribution is -0.119. The van der Waals surface area contributed by atoms with E-state index in [1.807, 2.05) is 19.9 Å². The number of nitrogens with one attached hydrogen (secondary N) is 1. The molecule has 3 aromatic rings. The van der Waals surface area contributed by atoms with Crippen molar-refractivity contribution in [1.29, 1.82) is 0 Å². The molecule has 3 rings (SSSR count). The molecule has 2 aromatic carbocycles. The number of hydrogen-bond acceptors (Lipinski definition) is 4. The van der Waals surface area contributed by atoms with Crippen LogP contribution in [0.15, 0.2) is 47.6 Å². The Hall–Kier alpha value is -2.81. The number of hydrazone groups is 1. The van der Waals surface area contributed by atoms with Crippen LogP contribution >= 0.6 is 23.2 Å². The largest absolute Gasteiger partial charge is 0.318 e. The van der Waals surface area contributed by atoms with Gasteiger partial charge in [0.05, 0.1) is 23.2 Å². The fraction of sp³-hybridized carbons (Fsp3) is 0.250. The van der Waals surface area contributed by atoms with Crippen molar-refractivity contribution in [3.63, 3.8) is 0 Å². The van der Waals surface area contributed by atoms with Gasteiger partial charge in [0.25, 0.3) is 5.91 Å². The molecule has 0 spiro atoms. The van der Waals surface area contributed by atoms with Crippen LogP contribution in [0.25, 0.3) is 5.69 Å². The number of aryl methyl sites for hydroxylation is 3. The number of nitrogens with zero attached hydrogens (tertiary/aromatic N) is 3. The Morgan fingerprint density at radius 1 is 1.06 bits per heavy atom. The van der Waals surface area contributed by atoms with E-state index in [0.717, 1.165) is 33.2 Å². The van der Waals surface area contributed by atoms with Gasteiger partial charge >= 0.3 is 0 Å². The number of halogens is 2. The molecule has 0 aliphatic rings. The summed E-state index contributed by atoms with van der Waals surface area (Å²) in [5.74, 6) is -0.624. The predicted octanol–water partition coefficient (Wildman–Crippen LogP) is 4.93. The lowest BCUT2D eigenvalue weighted by atomic mass is 10.1. The topological polar surface area (TPSA) is 83.8 Å². The predicted molar refractivity (Wildman–Crippen MR) is 139 cm³/mol. The first kappa shape index (κ1) is 25.8. The van der Waals surface area contributed by atoms with Gasteiger partial charge in [-0.1, -0.05) is 29.3 Å². The zero-order valence-corrected chi connectivity index (χ0v) is 21.9. The summed E-state index contributed by atoms with van der Waals surface area (Å²) in [6, 6.07) is 12.7. The van der Waals surface area contributed by atoms with Crippen molar-refractivity contribution in [1.82, 2.24) is 9.99 Å². The Morgan fingerprint density at radius 2 is 1.71 bits per heavy atom. The van der Waals surface area contributed by atoms with Crippen molar-refractivity contribution in [3.05, 3.63) is 80.6 Å². The van der Waals surface area contributed by atoms with E-state index in [1.165, 1.54) is 35.5 Å². The summed E-state index contributed by atoms with van der Waals surface area (Å²) in [4.78, 5) is 12.5. The quantitative estimate of drug-likeness (QED) is 0.353. The van der Waals surface area contributed by atoms with Gasteiger partial charge in [-0.3, -0.25) is 9.10 Å². The van der Waals surface area contributed by atoms with Crippen LogP contribution < -0.4 is 9.73 Å². The summed E-state index contributed by atoms with van der Waals surface area (Å²) in [6.07, 6.45) is 2.53. The molecule has 7 nitrogen and oxygen atoms in total. The Bertz CT molecular complexity index is 1360. The van der Waals surface area contributed by atoms with E-state index in [4.69, 9.17) is 23.2 Å². The minimum absolute atomic E-state index is 0.118. The molecule has 0 radical (unpaired) electrons. The third kappa shape index (κ3) is 6.00. The van der Waals surface area contributed by atoms with Crippen molar-refractivity contribution in [2.24, 2.45) is 5.10 Å². The summed E-state index contributed by atoms with van der Waals surface area (Å²) >= 11 is 12.1. The van der Waals surface area contributed by atoms with E-state index in [-0.39, 0.29) is 10.7 Å². The van der Waals surface area contributed by atoms with Crippen molar-refractivity contribution < 1.29 is 13.2 Å². The number of hydrogen-bond donors (Lipinski definition) is 1. The number of anilines is 1. The number of carbonyl (C=O) groups is 1. The molecule has 34 heavy (non-hydrogen) atoms. The third-order valence-electron chi connectivity index (χ3n) is 5.19. The molecule has 0 fully saturated rings. The van der Waals surface area contributed by atoms with Crippen LogP contribution in [-0.4, -0.2) is 37.9 Å². The van der Waals surface area contributed by atoms with Crippen LogP contribution in [0.1, 0.15) is 28.1 Å². The number of amides is 1. The second kappa shape index (κ2) is 10.2. The van der Waals surface area contributed by atoms with Crippen molar-refractivity contribution in [2.75, 3.05) is 17.1 Å². The molecular formula is C24H26Cl2N4O3S. The number of aromatic nitrogens is 1. The highest BCUT2D eigenvalue weighted by molar-refractivity contribution is 7.92. The van der Waals surface area contributed by atoms with E-state index in [1.54, 1.807) is 0 Å². The van der Waals surface area contributed by atoms with Crippen LogP contribution in [0.4, 0.5) is 5.69 Å². The van der Waals surface area contributed by atoms with E-state index >= 15 is 0 Å². The molecule has 0 bridgehead atoms. The Morgan fingerprint density at radius 3 is 2.32 bits per heavy atom. The summed E-state index contributed by atoms with van der Waals surface area (Å²) in [5.41, 5.74) is 8.71. The van der Waals surface area contributed by atoms with Gasteiger partial charge in [-0.15, -0.1) is 0 Å². The van der Waals surface area contributed by atoms with Crippen LogP contribution in [0.5, 0.6) is 0 Å². The molecule has 10 heteroatoms. The Balaban J connectivity index is 1.79. The molecule has 0 aliphatic heterocycles. The molecule has 1 N–H and O–H groups in total. The van der Waals surface area contributed by atoms with Crippen molar-refractivity contribution in [3.8, 4) is 5.69 Å². The number of sulfonamides is 1. The zero-order valence-electron chi connectivity index (χ0n) is 19.6. The van der Waals surface area contributed by atoms with Gasteiger partial charge in [0.1, 0.15) is 6.54 Å². The average Bonchev–Trinajstić information content (AvgIpc) is 3.00. The van der Waals surface area contributed by atoms with Crippen molar-refractivity contribution >= 4 is 51.0 Å². The van der Waals surface area contributed by atoms with Gasteiger partial charge in [-0.05, 0) is 75.2 Å². The maximum atomic E-state index is 12.5. The fourth-order valence-electron chi connectivity index (χ4n) is 3.79. The lowest BCUT2D eigenvalue weighted by Crippen LogP contribution is -2.39. The lowest BCUT2D eigenvalue weighted by Gasteiger charge is -2.22. The van der Waals surface area contributed by atoms with Gasteiger partial charge in [0, 0.05) is 27.7 Å². The third-order valence-corrected chi connectivity index (χ3v) is 6.87. The standard InChI is InChI=1S/C24H26Cl2N4O3S/c1-15-8-16(2)10-21(9-15)30-17(3)11-19(18(30)4)13-27-28-24(31)14-29(34(5,32)33)23-12-20(25)6-7-22(23)26/h6-13H,14H2,1-5H3,(H,28,31)/b27-13-. The number of rotatable bonds is 7. The molecule has 0 aliphatic carbocycles. The van der Waals surface area contributed by atoms with Crippen LogP contribution in [-0.2, 0) is 14.8 Å². The molecule has 0 unspecified atom stereocenters. The summed E-state index contributed by atoms with van der Waals surface area (Å²) < 4.78 is 27.6. The highest BCUT2D eigenvalue weighted by atomic mass is 35.5. The maximum absolute atomic E-state index is 12.5. The van der Waals surface area contributed by atoms with Crippen LogP contribution in [0.2, 0.25) is 10.0 Å². The Kier molecular flexibility index (Phi) is 7.75. The first-order valence-electron chi connectivity index (χ1n) is 10.4. The van der Waals surface area contributed by atoms with Gasteiger partial charge in [0.2, 0.25) is 10.0 Å². The molecule has 1 aromatic heterocycles. The molecular weight excluding hydrogens is 495 g/mol. The van der Waals surface area contributed by atoms with E-state index in [0.29, 0.717) is 5.02 Å². The van der Waals surface area contributed by atoms with Crippen molar-refractivity contribution in [2.45, 2.75) is 27.7 Å². The van der Waals surface area contributed by atoms with Gasteiger partial charge in [-0.2, -0.15) is 5.10 Å². The second-order valence-electron chi connectivity index (χ2n) is 8.17. The molecule has 0 saturated carbocycles. The van der Waals surface area contributed by atoms with E-state index in [2.05, 4.69) is 47.1 Å². The number of benzene rings is 2. The normalized spacial score (nSPS) is 11.7. The highest BCUT2D eigenvalue weighted by Crippen LogP contribution is 2.30. The summed E-state index contributed by atoms with van der Waals surface area (Å²) in [6.45, 7) is 7.58. The summed E-state index contributed by atoms with van der Waals surface area (Å²) in [5, 5.41) is 4.49. The molecule has 1 amide bonds. The Labute approximate surface area is 210 Å². The first-order valence-corrected chi connectivity index (χ1v) is 13.0. The molecule has 0 atom stereocenters.